The second kappa shape index (κ2) is 8.51. The maximum Gasteiger partial charge on any atom is 0.344 e. The van der Waals surface area contributed by atoms with E-state index in [4.69, 9.17) is 4.74 Å². The summed E-state index contributed by atoms with van der Waals surface area (Å²) in [6.07, 6.45) is 2.47. The van der Waals surface area contributed by atoms with Gasteiger partial charge < -0.3 is 15.2 Å². The minimum atomic E-state index is -1.35. The van der Waals surface area contributed by atoms with Crippen molar-refractivity contribution in [2.75, 3.05) is 11.9 Å². The molecule has 0 aliphatic heterocycles. The number of aromatic nitrogens is 1. The smallest absolute Gasteiger partial charge is 0.344 e. The molecule has 1 aromatic heterocycles. The van der Waals surface area contributed by atoms with Crippen LogP contribution in [0.25, 0.3) is 0 Å². The predicted octanol–water partition coefficient (Wildman–Crippen LogP) is 3.79. The predicted molar refractivity (Wildman–Crippen MR) is 98.9 cm³/mol. The number of halogens is 2. The second-order valence-electron chi connectivity index (χ2n) is 6.43. The first-order valence-corrected chi connectivity index (χ1v) is 9.54. The Morgan fingerprint density at radius 1 is 1.29 bits per heavy atom. The molecule has 2 amide bonds. The summed E-state index contributed by atoms with van der Waals surface area (Å²) in [4.78, 5) is 23.4. The summed E-state index contributed by atoms with van der Waals surface area (Å²) in [5.74, 6) is -3.14. The first-order chi connectivity index (χ1) is 13.4. The Labute approximate surface area is 163 Å². The summed E-state index contributed by atoms with van der Waals surface area (Å²) in [7, 11) is 0. The molecule has 7 nitrogen and oxygen atoms in total. The molecular weight excluding hydrogens is 392 g/mol. The van der Waals surface area contributed by atoms with Gasteiger partial charge in [0.1, 0.15) is 11.6 Å². The van der Waals surface area contributed by atoms with Crippen LogP contribution in [0.15, 0.2) is 12.1 Å². The van der Waals surface area contributed by atoms with Gasteiger partial charge in [0.25, 0.3) is 0 Å². The average molecular weight is 411 g/mol. The highest BCUT2D eigenvalue weighted by atomic mass is 32.1. The van der Waals surface area contributed by atoms with Crippen molar-refractivity contribution in [2.24, 2.45) is 5.92 Å². The van der Waals surface area contributed by atoms with Crippen LogP contribution >= 0.6 is 11.5 Å². The number of hydrogen-bond donors (Lipinski definition) is 3. The molecule has 0 saturated heterocycles. The lowest BCUT2D eigenvalue weighted by Crippen LogP contribution is -2.30. The van der Waals surface area contributed by atoms with Gasteiger partial charge in [-0.3, -0.25) is 5.32 Å². The Morgan fingerprint density at radius 3 is 2.61 bits per heavy atom. The molecule has 0 spiro atoms. The van der Waals surface area contributed by atoms with Crippen LogP contribution in [0.2, 0.25) is 0 Å². The molecule has 3 N–H and O–H groups in total. The Morgan fingerprint density at radius 2 is 1.96 bits per heavy atom. The molecule has 1 saturated carbocycles. The fourth-order valence-corrected chi connectivity index (χ4v) is 3.24. The summed E-state index contributed by atoms with van der Waals surface area (Å²) in [6.45, 7) is 1.83. The van der Waals surface area contributed by atoms with E-state index >= 15 is 0 Å². The van der Waals surface area contributed by atoms with Gasteiger partial charge in [0.05, 0.1) is 0 Å². The molecule has 0 radical (unpaired) electrons. The molecular formula is C18H19F2N3O4S. The van der Waals surface area contributed by atoms with E-state index < -0.39 is 30.2 Å². The van der Waals surface area contributed by atoms with Crippen LogP contribution in [0.4, 0.5) is 18.6 Å². The number of aromatic carboxylic acids is 1. The largest absolute Gasteiger partial charge is 0.477 e. The number of ether oxygens (including phenoxy) is 1. The molecule has 0 atom stereocenters. The summed E-state index contributed by atoms with van der Waals surface area (Å²) >= 11 is 0.736. The van der Waals surface area contributed by atoms with Gasteiger partial charge in [0, 0.05) is 12.1 Å². The minimum Gasteiger partial charge on any atom is -0.477 e. The summed E-state index contributed by atoms with van der Waals surface area (Å²) in [6, 6.07) is 2.30. The third-order valence-electron chi connectivity index (χ3n) is 4.34. The van der Waals surface area contributed by atoms with Gasteiger partial charge in [-0.15, -0.1) is 0 Å². The zero-order valence-electron chi connectivity index (χ0n) is 15.1. The molecule has 28 heavy (non-hydrogen) atoms. The van der Waals surface area contributed by atoms with E-state index in [1.807, 2.05) is 0 Å². The molecule has 1 aliphatic rings. The Hall–Kier alpha value is -2.75. The molecule has 2 aromatic rings. The molecule has 10 heteroatoms. The second-order valence-corrected chi connectivity index (χ2v) is 7.20. The lowest BCUT2D eigenvalue weighted by atomic mass is 10.1. The third-order valence-corrected chi connectivity index (χ3v) is 5.08. The van der Waals surface area contributed by atoms with Crippen LogP contribution < -0.4 is 15.4 Å². The van der Waals surface area contributed by atoms with E-state index in [0.29, 0.717) is 18.9 Å². The van der Waals surface area contributed by atoms with Gasteiger partial charge in [-0.05, 0) is 42.3 Å². The Bertz CT molecular complexity index is 899. The normalized spacial score (nSPS) is 13.2. The summed E-state index contributed by atoms with van der Waals surface area (Å²) < 4.78 is 37.2. The van der Waals surface area contributed by atoms with Crippen LogP contribution in [0.5, 0.6) is 5.88 Å². The number of benzene rings is 1. The topological polar surface area (TPSA) is 101 Å². The number of anilines is 1. The van der Waals surface area contributed by atoms with Gasteiger partial charge in [0.15, 0.2) is 17.2 Å². The van der Waals surface area contributed by atoms with Crippen molar-refractivity contribution in [1.82, 2.24) is 9.69 Å². The van der Waals surface area contributed by atoms with Crippen LogP contribution in [0.3, 0.4) is 0 Å². The van der Waals surface area contributed by atoms with Gasteiger partial charge in [-0.2, -0.15) is 4.37 Å². The van der Waals surface area contributed by atoms with Crippen LogP contribution in [-0.4, -0.2) is 28.0 Å². The highest BCUT2D eigenvalue weighted by Gasteiger charge is 2.25. The molecule has 3 rings (SSSR count). The van der Waals surface area contributed by atoms with Gasteiger partial charge in [-0.1, -0.05) is 19.1 Å². The number of amides is 2. The van der Waals surface area contributed by atoms with E-state index in [1.54, 1.807) is 6.92 Å². The van der Waals surface area contributed by atoms with E-state index in [2.05, 4.69) is 15.0 Å². The molecule has 150 valence electrons. The quantitative estimate of drug-likeness (QED) is 0.614. The molecule has 1 fully saturated rings. The lowest BCUT2D eigenvalue weighted by molar-refractivity contribution is 0.0693. The molecule has 0 unspecified atom stereocenters. The van der Waals surface area contributed by atoms with Crippen molar-refractivity contribution in [3.8, 4) is 5.88 Å². The highest BCUT2D eigenvalue weighted by Crippen LogP contribution is 2.32. The Balaban J connectivity index is 1.70. The van der Waals surface area contributed by atoms with Crippen molar-refractivity contribution in [3.05, 3.63) is 40.5 Å². The first kappa shape index (κ1) is 20.0. The van der Waals surface area contributed by atoms with Crippen molar-refractivity contribution in [2.45, 2.75) is 32.8 Å². The van der Waals surface area contributed by atoms with E-state index in [9.17, 15) is 23.5 Å². The SMILES string of the molecule is CCc1ccc(COc2nsc(NC(=O)NCC3CC3)c2C(=O)O)c(F)c1F. The fraction of sp³-hybridized carbons (Fsp3) is 0.389. The van der Waals surface area contributed by atoms with E-state index in [1.165, 1.54) is 12.1 Å². The molecule has 1 aliphatic carbocycles. The molecule has 0 bridgehead atoms. The summed E-state index contributed by atoms with van der Waals surface area (Å²) in [5.41, 5.74) is -0.154. The maximum absolute atomic E-state index is 14.1. The van der Waals surface area contributed by atoms with E-state index in [0.717, 1.165) is 24.4 Å². The standard InChI is InChI=1S/C18H19F2N3O4S/c1-2-10-5-6-11(14(20)13(10)19)8-27-15-12(17(24)25)16(28-23-15)22-18(26)21-7-9-3-4-9/h5-6,9H,2-4,7-8H2,1H3,(H,24,25)(H2,21,22,26). The van der Waals surface area contributed by atoms with Crippen LogP contribution in [0, 0.1) is 17.6 Å². The van der Waals surface area contributed by atoms with Crippen molar-refractivity contribution < 1.29 is 28.2 Å². The third kappa shape index (κ3) is 4.56. The van der Waals surface area contributed by atoms with Crippen molar-refractivity contribution >= 4 is 28.5 Å². The number of carboxylic acid groups (broad SMARTS) is 1. The van der Waals surface area contributed by atoms with Gasteiger partial charge in [0.2, 0.25) is 5.88 Å². The van der Waals surface area contributed by atoms with Gasteiger partial charge in [-0.25, -0.2) is 18.4 Å². The number of aryl methyl sites for hydroxylation is 1. The van der Waals surface area contributed by atoms with Crippen LogP contribution in [0.1, 0.15) is 41.3 Å². The fourth-order valence-electron chi connectivity index (χ4n) is 2.51. The number of carboxylic acids is 1. The maximum atomic E-state index is 14.1. The summed E-state index contributed by atoms with van der Waals surface area (Å²) in [5, 5.41) is 14.5. The number of carbonyl (C=O) groups is 2. The monoisotopic (exact) mass is 411 g/mol. The number of carbonyl (C=O) groups excluding carboxylic acids is 1. The minimum absolute atomic E-state index is 0.00350. The van der Waals surface area contributed by atoms with Crippen molar-refractivity contribution in [3.63, 3.8) is 0 Å². The Kier molecular flexibility index (Phi) is 6.08. The number of nitrogens with zero attached hydrogens (tertiary/aromatic N) is 1. The number of hydrogen-bond acceptors (Lipinski definition) is 5. The zero-order chi connectivity index (χ0) is 20.3. The van der Waals surface area contributed by atoms with Gasteiger partial charge >= 0.3 is 12.0 Å². The molecule has 1 aromatic carbocycles. The molecule has 1 heterocycles. The number of rotatable bonds is 8. The van der Waals surface area contributed by atoms with E-state index in [-0.39, 0.29) is 27.6 Å². The lowest BCUT2D eigenvalue weighted by Gasteiger charge is -2.09. The van der Waals surface area contributed by atoms with Crippen LogP contribution in [-0.2, 0) is 13.0 Å². The van der Waals surface area contributed by atoms with Crippen molar-refractivity contribution in [1.29, 1.82) is 0 Å². The zero-order valence-corrected chi connectivity index (χ0v) is 15.9. The first-order valence-electron chi connectivity index (χ1n) is 8.77. The number of urea groups is 1. The average Bonchev–Trinajstić information content (AvgIpc) is 3.41. The highest BCUT2D eigenvalue weighted by molar-refractivity contribution is 7.11. The number of nitrogens with one attached hydrogen (secondary N) is 2.